The molecule has 0 atom stereocenters. The number of hydrogen-bond donors (Lipinski definition) is 1. The summed E-state index contributed by atoms with van der Waals surface area (Å²) in [5, 5.41) is 9.97. The van der Waals surface area contributed by atoms with Crippen LogP contribution in [0.2, 0.25) is 0 Å². The summed E-state index contributed by atoms with van der Waals surface area (Å²) in [4.78, 5) is 20.4. The summed E-state index contributed by atoms with van der Waals surface area (Å²) in [6.07, 6.45) is 1.77. The van der Waals surface area contributed by atoms with Crippen molar-refractivity contribution in [3.8, 4) is 22.6 Å². The van der Waals surface area contributed by atoms with E-state index in [0.717, 1.165) is 50.8 Å². The third-order valence-electron chi connectivity index (χ3n) is 9.68. The number of ether oxygens (including phenoxy) is 1. The van der Waals surface area contributed by atoms with Crippen molar-refractivity contribution in [2.45, 2.75) is 0 Å². The second-order valence-corrected chi connectivity index (χ2v) is 13.4. The number of benzene rings is 8. The average molecular weight is 752 g/mol. The molecule has 0 saturated carbocycles. The van der Waals surface area contributed by atoms with Gasteiger partial charge in [-0.3, -0.25) is 0 Å². The van der Waals surface area contributed by atoms with Crippen LogP contribution in [0.1, 0.15) is 21.5 Å². The molecule has 0 aliphatic rings. The molecule has 6 heteroatoms. The zero-order valence-corrected chi connectivity index (χ0v) is 31.4. The first-order valence-corrected chi connectivity index (χ1v) is 18.8. The van der Waals surface area contributed by atoms with Gasteiger partial charge in [0.2, 0.25) is 0 Å². The minimum absolute atomic E-state index is 0.0226. The first-order valence-electron chi connectivity index (χ1n) is 18.8. The van der Waals surface area contributed by atoms with Crippen LogP contribution in [-0.4, -0.2) is 11.1 Å². The number of anilines is 6. The highest BCUT2D eigenvalue weighted by Crippen LogP contribution is 2.38. The lowest BCUT2D eigenvalue weighted by molar-refractivity contribution is 0.0694. The molecule has 0 fully saturated rings. The minimum Gasteiger partial charge on any atom is -0.478 e. The van der Waals surface area contributed by atoms with Gasteiger partial charge < -0.3 is 19.6 Å². The van der Waals surface area contributed by atoms with Crippen LogP contribution in [0.4, 0.5) is 34.1 Å². The van der Waals surface area contributed by atoms with Gasteiger partial charge in [0, 0.05) is 34.1 Å². The number of hydrogen-bond acceptors (Lipinski definition) is 4. The Hall–Kier alpha value is -8.14. The fourth-order valence-corrected chi connectivity index (χ4v) is 6.85. The molecular weight excluding hydrogens is 715 g/mol. The fourth-order valence-electron chi connectivity index (χ4n) is 6.85. The van der Waals surface area contributed by atoms with Gasteiger partial charge in [-0.05, 0) is 125 Å². The topological polar surface area (TPSA) is 57.4 Å². The number of carboxylic acid groups (broad SMARTS) is 1. The van der Waals surface area contributed by atoms with Crippen molar-refractivity contribution in [2.24, 2.45) is 0 Å². The van der Waals surface area contributed by atoms with E-state index in [1.807, 2.05) is 72.8 Å². The highest BCUT2D eigenvalue weighted by Gasteiger charge is 2.17. The summed E-state index contributed by atoms with van der Waals surface area (Å²) in [5.74, 6) is -0.404. The smallest absolute Gasteiger partial charge is 0.339 e. The van der Waals surface area contributed by atoms with E-state index in [4.69, 9.17) is 11.3 Å². The van der Waals surface area contributed by atoms with E-state index < -0.39 is 5.97 Å². The molecule has 1 N–H and O–H groups in total. The first kappa shape index (κ1) is 36.8. The van der Waals surface area contributed by atoms with E-state index >= 15 is 0 Å². The van der Waals surface area contributed by atoms with E-state index in [0.29, 0.717) is 17.0 Å². The summed E-state index contributed by atoms with van der Waals surface area (Å²) in [7, 11) is 0. The van der Waals surface area contributed by atoms with E-state index in [2.05, 4.69) is 124 Å². The van der Waals surface area contributed by atoms with Gasteiger partial charge in [0.25, 0.3) is 0 Å². The van der Waals surface area contributed by atoms with Crippen LogP contribution in [0.25, 0.3) is 27.7 Å². The van der Waals surface area contributed by atoms with E-state index in [-0.39, 0.29) is 11.3 Å². The molecule has 58 heavy (non-hydrogen) atoms. The summed E-state index contributed by atoms with van der Waals surface area (Å²) >= 11 is 0. The zero-order chi connectivity index (χ0) is 39.7. The van der Waals surface area contributed by atoms with E-state index in [1.165, 1.54) is 6.07 Å². The van der Waals surface area contributed by atoms with Crippen molar-refractivity contribution in [3.05, 3.63) is 240 Å². The Morgan fingerprint density at radius 1 is 0.500 bits per heavy atom. The molecule has 8 aromatic carbocycles. The average Bonchev–Trinajstić information content (AvgIpc) is 3.28. The Balaban J connectivity index is 1.05. The van der Waals surface area contributed by atoms with Crippen LogP contribution in [-0.2, 0) is 0 Å². The monoisotopic (exact) mass is 751 g/mol. The number of aromatic carboxylic acids is 1. The van der Waals surface area contributed by atoms with Crippen molar-refractivity contribution in [1.29, 1.82) is 0 Å². The van der Waals surface area contributed by atoms with Gasteiger partial charge in [0.1, 0.15) is 17.1 Å². The van der Waals surface area contributed by atoms with Crippen LogP contribution < -0.4 is 14.5 Å². The summed E-state index contributed by atoms with van der Waals surface area (Å²) in [6.45, 7) is 7.94. The number of para-hydroxylation sites is 4. The quantitative estimate of drug-likeness (QED) is 0.0995. The standard InChI is InChI=1S/C52H37N3O3/c1-53-50(41-28-35-51(49(37-41)52(56)57)58-48-20-12-5-13-21-48)36-38-22-29-45(30-23-38)55(44-18-10-4-11-19-44)47-33-26-40(27-34-47)39-24-31-46(32-25-39)54(42-14-6-2-7-15-42)43-16-8-3-9-17-43/h2-37H,(H,56,57). The lowest BCUT2D eigenvalue weighted by atomic mass is 10.0. The van der Waals surface area contributed by atoms with Gasteiger partial charge >= 0.3 is 5.97 Å². The third kappa shape index (κ3) is 8.25. The highest BCUT2D eigenvalue weighted by atomic mass is 16.5. The number of carbonyl (C=O) groups is 1. The Labute approximate surface area is 338 Å². The van der Waals surface area contributed by atoms with Gasteiger partial charge in [-0.15, -0.1) is 0 Å². The molecule has 0 aromatic heterocycles. The van der Waals surface area contributed by atoms with Crippen LogP contribution >= 0.6 is 0 Å². The molecule has 0 heterocycles. The Morgan fingerprint density at radius 3 is 1.31 bits per heavy atom. The molecule has 278 valence electrons. The summed E-state index contributed by atoms with van der Waals surface area (Å²) in [5.41, 5.74) is 10.0. The molecular formula is C52H37N3O3. The molecule has 6 nitrogen and oxygen atoms in total. The first-order chi connectivity index (χ1) is 28.5. The molecule has 0 aliphatic carbocycles. The van der Waals surface area contributed by atoms with Gasteiger partial charge in [-0.1, -0.05) is 115 Å². The molecule has 0 spiro atoms. The third-order valence-corrected chi connectivity index (χ3v) is 9.68. The van der Waals surface area contributed by atoms with Crippen molar-refractivity contribution in [2.75, 3.05) is 9.80 Å². The van der Waals surface area contributed by atoms with Gasteiger partial charge in [0.15, 0.2) is 5.70 Å². The Kier molecular flexibility index (Phi) is 10.9. The molecule has 0 aliphatic heterocycles. The van der Waals surface area contributed by atoms with E-state index in [1.54, 1.807) is 30.3 Å². The highest BCUT2D eigenvalue weighted by molar-refractivity contribution is 5.94. The maximum absolute atomic E-state index is 12.2. The second-order valence-electron chi connectivity index (χ2n) is 13.4. The lowest BCUT2D eigenvalue weighted by Crippen LogP contribution is -2.09. The Bertz CT molecular complexity index is 2660. The normalized spacial score (nSPS) is 11.0. The lowest BCUT2D eigenvalue weighted by Gasteiger charge is -2.26. The molecule has 8 rings (SSSR count). The molecule has 8 aromatic rings. The van der Waals surface area contributed by atoms with Crippen molar-refractivity contribution in [3.63, 3.8) is 0 Å². The minimum atomic E-state index is -1.14. The number of nitrogens with zero attached hydrogens (tertiary/aromatic N) is 3. The molecule has 0 bridgehead atoms. The number of carboxylic acids is 1. The molecule has 0 amide bonds. The molecule has 0 radical (unpaired) electrons. The largest absolute Gasteiger partial charge is 0.478 e. The maximum Gasteiger partial charge on any atom is 0.339 e. The summed E-state index contributed by atoms with van der Waals surface area (Å²) < 4.78 is 5.85. The van der Waals surface area contributed by atoms with Gasteiger partial charge in [-0.2, -0.15) is 0 Å². The maximum atomic E-state index is 12.2. The van der Waals surface area contributed by atoms with Crippen molar-refractivity contribution < 1.29 is 14.6 Å². The van der Waals surface area contributed by atoms with E-state index in [9.17, 15) is 9.90 Å². The Morgan fingerprint density at radius 2 is 0.897 bits per heavy atom. The van der Waals surface area contributed by atoms with Crippen molar-refractivity contribution >= 4 is 51.9 Å². The van der Waals surface area contributed by atoms with Crippen LogP contribution in [0.5, 0.6) is 11.5 Å². The number of rotatable bonds is 12. The summed E-state index contributed by atoms with van der Waals surface area (Å²) in [6, 6.07) is 69.9. The van der Waals surface area contributed by atoms with Gasteiger partial charge in [-0.25, -0.2) is 9.64 Å². The van der Waals surface area contributed by atoms with Crippen LogP contribution in [0.3, 0.4) is 0 Å². The second kappa shape index (κ2) is 17.1. The van der Waals surface area contributed by atoms with Gasteiger partial charge in [0.05, 0.1) is 6.57 Å². The van der Waals surface area contributed by atoms with Crippen LogP contribution in [0, 0.1) is 6.57 Å². The van der Waals surface area contributed by atoms with Crippen molar-refractivity contribution in [1.82, 2.24) is 0 Å². The molecule has 0 unspecified atom stereocenters. The predicted octanol–water partition coefficient (Wildman–Crippen LogP) is 14.2. The SMILES string of the molecule is [C-]#[N+]C(=Cc1ccc(N(c2ccccc2)c2ccc(-c3ccc(N(c4ccccc4)c4ccccc4)cc3)cc2)cc1)c1ccc(Oc2ccccc2)c(C(=O)O)c1. The fraction of sp³-hybridized carbons (Fsp3) is 0. The zero-order valence-electron chi connectivity index (χ0n) is 31.4. The predicted molar refractivity (Wildman–Crippen MR) is 236 cm³/mol. The van der Waals surface area contributed by atoms with Crippen LogP contribution in [0.15, 0.2) is 212 Å². The molecule has 0 saturated heterocycles.